The van der Waals surface area contributed by atoms with Gasteiger partial charge in [0, 0.05) is 11.8 Å². The molecule has 0 aliphatic carbocycles. The number of ether oxygens (including phenoxy) is 1. The Morgan fingerprint density at radius 1 is 1.44 bits per heavy atom. The van der Waals surface area contributed by atoms with Crippen LogP contribution in [0.5, 0.6) is 5.75 Å². The summed E-state index contributed by atoms with van der Waals surface area (Å²) in [5.41, 5.74) is -0.997. The van der Waals surface area contributed by atoms with Gasteiger partial charge in [0.2, 0.25) is 0 Å². The summed E-state index contributed by atoms with van der Waals surface area (Å²) < 4.78 is 43.4. The quantitative estimate of drug-likeness (QED) is 0.784. The second-order valence-electron chi connectivity index (χ2n) is 3.89. The molecule has 2 nitrogen and oxygen atoms in total. The van der Waals surface area contributed by atoms with Crippen LogP contribution in [0.3, 0.4) is 0 Å². The van der Waals surface area contributed by atoms with E-state index in [-0.39, 0.29) is 23.8 Å². The molecule has 1 aromatic rings. The molecule has 0 aliphatic rings. The zero-order valence-electron chi connectivity index (χ0n) is 9.59. The van der Waals surface area contributed by atoms with Crippen molar-refractivity contribution in [2.75, 3.05) is 12.5 Å². The first-order valence-electron chi connectivity index (χ1n) is 5.18. The number of hydrogen-bond acceptors (Lipinski definition) is 2. The third-order valence-corrected chi connectivity index (χ3v) is 2.73. The average molecular weight is 278 g/mol. The highest BCUT2D eigenvalue weighted by Crippen LogP contribution is 2.36. The molecule has 0 spiro atoms. The first-order valence-corrected chi connectivity index (χ1v) is 5.72. The lowest BCUT2D eigenvalue weighted by Gasteiger charge is -2.16. The normalized spacial score (nSPS) is 12.9. The SMILES string of the molecule is CC(CCl)COc1ccc(C#N)cc1C(F)(F)F. The van der Waals surface area contributed by atoms with Crippen LogP contribution in [-0.2, 0) is 6.18 Å². The van der Waals surface area contributed by atoms with Gasteiger partial charge in [-0.25, -0.2) is 0 Å². The molecule has 98 valence electrons. The van der Waals surface area contributed by atoms with Crippen molar-refractivity contribution in [2.45, 2.75) is 13.1 Å². The minimum absolute atomic E-state index is 0.0524. The number of nitrogens with zero attached hydrogens (tertiary/aromatic N) is 1. The Bertz CT molecular complexity index is 454. The van der Waals surface area contributed by atoms with Gasteiger partial charge in [0.1, 0.15) is 5.75 Å². The highest BCUT2D eigenvalue weighted by atomic mass is 35.5. The van der Waals surface area contributed by atoms with Crippen molar-refractivity contribution in [1.82, 2.24) is 0 Å². The van der Waals surface area contributed by atoms with Crippen molar-refractivity contribution in [3.05, 3.63) is 29.3 Å². The van der Waals surface area contributed by atoms with Crippen LogP contribution in [0.15, 0.2) is 18.2 Å². The van der Waals surface area contributed by atoms with E-state index >= 15 is 0 Å². The van der Waals surface area contributed by atoms with Crippen LogP contribution in [0, 0.1) is 17.2 Å². The maximum atomic E-state index is 12.8. The Hall–Kier alpha value is -1.41. The summed E-state index contributed by atoms with van der Waals surface area (Å²) in [5.74, 6) is -0.0284. The fourth-order valence-electron chi connectivity index (χ4n) is 1.22. The van der Waals surface area contributed by atoms with Crippen molar-refractivity contribution in [3.8, 4) is 11.8 Å². The molecule has 0 amide bonds. The van der Waals surface area contributed by atoms with Gasteiger partial charge in [-0.15, -0.1) is 11.6 Å². The molecule has 18 heavy (non-hydrogen) atoms. The predicted molar refractivity (Wildman–Crippen MR) is 61.5 cm³/mol. The van der Waals surface area contributed by atoms with Crippen LogP contribution < -0.4 is 4.74 Å². The number of hydrogen-bond donors (Lipinski definition) is 0. The first kappa shape index (κ1) is 14.7. The lowest BCUT2D eigenvalue weighted by molar-refractivity contribution is -0.139. The number of alkyl halides is 4. The molecule has 0 aliphatic heterocycles. The minimum Gasteiger partial charge on any atom is -0.493 e. The standard InChI is InChI=1S/C12H11ClF3NO/c1-8(5-13)7-18-11-3-2-9(6-17)4-10(11)12(14,15)16/h2-4,8H,5,7H2,1H3. The van der Waals surface area contributed by atoms with Crippen LogP contribution in [0.1, 0.15) is 18.1 Å². The molecule has 0 N–H and O–H groups in total. The number of benzene rings is 1. The van der Waals surface area contributed by atoms with Crippen molar-refractivity contribution >= 4 is 11.6 Å². The topological polar surface area (TPSA) is 33.0 Å². The van der Waals surface area contributed by atoms with Crippen molar-refractivity contribution < 1.29 is 17.9 Å². The largest absolute Gasteiger partial charge is 0.493 e. The van der Waals surface area contributed by atoms with E-state index < -0.39 is 11.7 Å². The van der Waals surface area contributed by atoms with Crippen LogP contribution in [0.4, 0.5) is 13.2 Å². The molecule has 0 bridgehead atoms. The summed E-state index contributed by atoms with van der Waals surface area (Å²) in [6.07, 6.45) is -4.55. The third-order valence-electron chi connectivity index (χ3n) is 2.20. The van der Waals surface area contributed by atoms with Gasteiger partial charge in [-0.1, -0.05) is 6.92 Å². The Labute approximate surface area is 108 Å². The number of rotatable bonds is 4. The number of halogens is 4. The molecule has 1 atom stereocenters. The molecule has 0 aromatic heterocycles. The average Bonchev–Trinajstić information content (AvgIpc) is 2.34. The van der Waals surface area contributed by atoms with Crippen LogP contribution >= 0.6 is 11.6 Å². The van der Waals surface area contributed by atoms with E-state index in [1.54, 1.807) is 13.0 Å². The van der Waals surface area contributed by atoms with Crippen molar-refractivity contribution in [2.24, 2.45) is 5.92 Å². The van der Waals surface area contributed by atoms with E-state index in [0.717, 1.165) is 12.1 Å². The second kappa shape index (κ2) is 5.96. The molecule has 6 heteroatoms. The monoisotopic (exact) mass is 277 g/mol. The Kier molecular flexibility index (Phi) is 4.85. The summed E-state index contributed by atoms with van der Waals surface area (Å²) >= 11 is 5.55. The van der Waals surface area contributed by atoms with E-state index in [1.165, 1.54) is 6.07 Å². The van der Waals surface area contributed by atoms with Gasteiger partial charge >= 0.3 is 6.18 Å². The molecular formula is C12H11ClF3NO. The van der Waals surface area contributed by atoms with Crippen molar-refractivity contribution in [3.63, 3.8) is 0 Å². The van der Waals surface area contributed by atoms with Gasteiger partial charge in [-0.3, -0.25) is 0 Å². The molecule has 1 unspecified atom stereocenters. The molecule has 1 rings (SSSR count). The van der Waals surface area contributed by atoms with E-state index in [1.807, 2.05) is 0 Å². The summed E-state index contributed by atoms with van der Waals surface area (Å²) in [7, 11) is 0. The fourth-order valence-corrected chi connectivity index (χ4v) is 1.31. The summed E-state index contributed by atoms with van der Waals surface area (Å²) in [6.45, 7) is 1.86. The molecule has 0 fully saturated rings. The van der Waals surface area contributed by atoms with Gasteiger partial charge < -0.3 is 4.74 Å². The zero-order valence-corrected chi connectivity index (χ0v) is 10.3. The predicted octanol–water partition coefficient (Wildman–Crippen LogP) is 3.83. The van der Waals surface area contributed by atoms with E-state index in [4.69, 9.17) is 21.6 Å². The third kappa shape index (κ3) is 3.81. The minimum atomic E-state index is -4.55. The Morgan fingerprint density at radius 3 is 2.61 bits per heavy atom. The lowest BCUT2D eigenvalue weighted by atomic mass is 10.1. The van der Waals surface area contributed by atoms with Gasteiger partial charge in [0.15, 0.2) is 0 Å². The summed E-state index contributed by atoms with van der Waals surface area (Å²) in [4.78, 5) is 0. The van der Waals surface area contributed by atoms with Crippen LogP contribution in [-0.4, -0.2) is 12.5 Å². The second-order valence-corrected chi connectivity index (χ2v) is 4.20. The summed E-state index contributed by atoms with van der Waals surface area (Å²) in [5, 5.41) is 8.60. The molecule has 0 radical (unpaired) electrons. The van der Waals surface area contributed by atoms with Gasteiger partial charge in [-0.05, 0) is 18.2 Å². The van der Waals surface area contributed by atoms with E-state index in [0.29, 0.717) is 5.88 Å². The smallest absolute Gasteiger partial charge is 0.420 e. The highest BCUT2D eigenvalue weighted by molar-refractivity contribution is 6.18. The summed E-state index contributed by atoms with van der Waals surface area (Å²) in [6, 6.07) is 4.89. The molecule has 0 heterocycles. The molecule has 1 aromatic carbocycles. The zero-order chi connectivity index (χ0) is 13.8. The lowest BCUT2D eigenvalue weighted by Crippen LogP contribution is -2.14. The Morgan fingerprint density at radius 2 is 2.11 bits per heavy atom. The van der Waals surface area contributed by atoms with Crippen molar-refractivity contribution in [1.29, 1.82) is 5.26 Å². The maximum absolute atomic E-state index is 12.8. The Balaban J connectivity index is 3.01. The van der Waals surface area contributed by atoms with E-state index in [2.05, 4.69) is 0 Å². The highest BCUT2D eigenvalue weighted by Gasteiger charge is 2.34. The van der Waals surface area contributed by atoms with Gasteiger partial charge in [0.05, 0.1) is 23.8 Å². The van der Waals surface area contributed by atoms with Gasteiger partial charge in [-0.2, -0.15) is 18.4 Å². The number of nitriles is 1. The van der Waals surface area contributed by atoms with Crippen LogP contribution in [0.2, 0.25) is 0 Å². The molecule has 0 saturated carbocycles. The molecular weight excluding hydrogens is 267 g/mol. The van der Waals surface area contributed by atoms with Crippen LogP contribution in [0.25, 0.3) is 0 Å². The molecule has 0 saturated heterocycles. The van der Waals surface area contributed by atoms with E-state index in [9.17, 15) is 13.2 Å². The first-order chi connectivity index (χ1) is 8.38. The fraction of sp³-hybridized carbons (Fsp3) is 0.417. The van der Waals surface area contributed by atoms with Gasteiger partial charge in [0.25, 0.3) is 0 Å². The maximum Gasteiger partial charge on any atom is 0.420 e.